The molecular weight excluding hydrogens is 418 g/mol. The normalized spacial score (nSPS) is 10.8. The third-order valence-corrected chi connectivity index (χ3v) is 5.38. The van der Waals surface area contributed by atoms with Gasteiger partial charge in [0, 0.05) is 38.8 Å². The quantitative estimate of drug-likeness (QED) is 0.450. The lowest BCUT2D eigenvalue weighted by atomic mass is 10.3. The van der Waals surface area contributed by atoms with Crippen LogP contribution in [0.4, 0.5) is 5.13 Å². The van der Waals surface area contributed by atoms with E-state index in [-0.39, 0.29) is 24.8 Å². The second-order valence-electron chi connectivity index (χ2n) is 6.79. The first-order valence-electron chi connectivity index (χ1n) is 9.83. The molecule has 0 saturated heterocycles. The van der Waals surface area contributed by atoms with Gasteiger partial charge in [0.2, 0.25) is 5.91 Å². The van der Waals surface area contributed by atoms with Crippen molar-refractivity contribution in [3.8, 4) is 0 Å². The molecule has 0 bridgehead atoms. The molecule has 0 saturated carbocycles. The van der Waals surface area contributed by atoms with Gasteiger partial charge in [-0.15, -0.1) is 0 Å². The molecule has 0 aliphatic rings. The van der Waals surface area contributed by atoms with Crippen LogP contribution in [0.3, 0.4) is 0 Å². The van der Waals surface area contributed by atoms with Crippen molar-refractivity contribution in [2.24, 2.45) is 0 Å². The number of hydrogen-bond donors (Lipinski definition) is 1. The maximum atomic E-state index is 12.7. The number of ether oxygens (including phenoxy) is 1. The Balaban J connectivity index is 1.63. The zero-order valence-corrected chi connectivity index (χ0v) is 18.3. The summed E-state index contributed by atoms with van der Waals surface area (Å²) < 4.78 is 6.98. The highest BCUT2D eigenvalue weighted by molar-refractivity contribution is 7.17. The SMILES string of the molecule is COCCC(=O)N(Cc1cnc(C)cn1)c1ncc(C(=O)NCCCn2ccnc2)s1. The molecule has 3 aromatic heterocycles. The molecular formula is C20H25N7O3S. The summed E-state index contributed by atoms with van der Waals surface area (Å²) in [5.41, 5.74) is 1.43. The van der Waals surface area contributed by atoms with Crippen LogP contribution in [0, 0.1) is 6.92 Å². The predicted octanol–water partition coefficient (Wildman–Crippen LogP) is 1.83. The number of imidazole rings is 1. The van der Waals surface area contributed by atoms with Crippen molar-refractivity contribution in [1.82, 2.24) is 29.8 Å². The van der Waals surface area contributed by atoms with E-state index in [0.29, 0.717) is 28.9 Å². The van der Waals surface area contributed by atoms with E-state index in [0.717, 1.165) is 18.7 Å². The lowest BCUT2D eigenvalue weighted by molar-refractivity contribution is -0.119. The van der Waals surface area contributed by atoms with Crippen molar-refractivity contribution < 1.29 is 14.3 Å². The van der Waals surface area contributed by atoms with E-state index in [1.807, 2.05) is 17.7 Å². The van der Waals surface area contributed by atoms with Crippen molar-refractivity contribution in [2.75, 3.05) is 25.2 Å². The zero-order valence-electron chi connectivity index (χ0n) is 17.5. The van der Waals surface area contributed by atoms with Gasteiger partial charge in [-0.1, -0.05) is 11.3 Å². The van der Waals surface area contributed by atoms with E-state index < -0.39 is 0 Å². The molecule has 10 nitrogen and oxygen atoms in total. The summed E-state index contributed by atoms with van der Waals surface area (Å²) in [5, 5.41) is 3.32. The topological polar surface area (TPSA) is 115 Å². The average Bonchev–Trinajstić information content (AvgIpc) is 3.47. The maximum Gasteiger partial charge on any atom is 0.263 e. The number of aryl methyl sites for hydroxylation is 2. The molecule has 0 unspecified atom stereocenters. The lowest BCUT2D eigenvalue weighted by Crippen LogP contribution is -2.31. The third kappa shape index (κ3) is 6.66. The molecule has 0 atom stereocenters. The molecule has 31 heavy (non-hydrogen) atoms. The van der Waals surface area contributed by atoms with Crippen molar-refractivity contribution in [2.45, 2.75) is 32.9 Å². The van der Waals surface area contributed by atoms with Crippen LogP contribution in [0.5, 0.6) is 0 Å². The van der Waals surface area contributed by atoms with Gasteiger partial charge < -0.3 is 14.6 Å². The average molecular weight is 444 g/mol. The fraction of sp³-hybridized carbons (Fsp3) is 0.400. The fourth-order valence-corrected chi connectivity index (χ4v) is 3.56. The number of hydrogen-bond acceptors (Lipinski definition) is 8. The number of nitrogens with zero attached hydrogens (tertiary/aromatic N) is 6. The summed E-state index contributed by atoms with van der Waals surface area (Å²) in [6.45, 7) is 3.66. The largest absolute Gasteiger partial charge is 0.384 e. The van der Waals surface area contributed by atoms with Gasteiger partial charge >= 0.3 is 0 Å². The standard InChI is InChI=1S/C20H25N7O3S/c1-15-10-24-16(11-23-15)13-27(18(28)4-9-30-2)20-25-12-17(31-20)19(29)22-5-3-7-26-8-6-21-14-26/h6,8,10-12,14H,3-5,7,9,13H2,1-2H3,(H,22,29). The van der Waals surface area contributed by atoms with Gasteiger partial charge in [-0.2, -0.15) is 0 Å². The van der Waals surface area contributed by atoms with Gasteiger partial charge in [0.15, 0.2) is 5.13 Å². The Hall–Kier alpha value is -3.18. The van der Waals surface area contributed by atoms with Gasteiger partial charge in [-0.3, -0.25) is 24.5 Å². The van der Waals surface area contributed by atoms with Crippen LogP contribution in [-0.2, 0) is 22.6 Å². The molecule has 0 aliphatic heterocycles. The number of anilines is 1. The Bertz CT molecular complexity index is 973. The minimum Gasteiger partial charge on any atom is -0.384 e. The fourth-order valence-electron chi connectivity index (χ4n) is 2.71. The van der Waals surface area contributed by atoms with E-state index in [1.165, 1.54) is 22.4 Å². The van der Waals surface area contributed by atoms with E-state index >= 15 is 0 Å². The van der Waals surface area contributed by atoms with E-state index in [9.17, 15) is 9.59 Å². The first kappa shape index (κ1) is 22.5. The van der Waals surface area contributed by atoms with Crippen LogP contribution >= 0.6 is 11.3 Å². The summed E-state index contributed by atoms with van der Waals surface area (Å²) in [6.07, 6.45) is 11.1. The molecule has 0 aromatic carbocycles. The van der Waals surface area contributed by atoms with E-state index in [4.69, 9.17) is 4.74 Å². The number of methoxy groups -OCH3 is 1. The van der Waals surface area contributed by atoms with Crippen LogP contribution in [-0.4, -0.2) is 56.6 Å². The molecule has 3 rings (SSSR count). The van der Waals surface area contributed by atoms with Gasteiger partial charge in [0.05, 0.1) is 49.7 Å². The maximum absolute atomic E-state index is 12.7. The number of aromatic nitrogens is 5. The summed E-state index contributed by atoms with van der Waals surface area (Å²) >= 11 is 1.17. The lowest BCUT2D eigenvalue weighted by Gasteiger charge is -2.19. The Morgan fingerprint density at radius 1 is 1.23 bits per heavy atom. The number of amides is 2. The summed E-state index contributed by atoms with van der Waals surface area (Å²) in [7, 11) is 1.54. The predicted molar refractivity (Wildman–Crippen MR) is 116 cm³/mol. The highest BCUT2D eigenvalue weighted by atomic mass is 32.1. The number of nitrogens with one attached hydrogen (secondary N) is 1. The van der Waals surface area contributed by atoms with Crippen LogP contribution in [0.2, 0.25) is 0 Å². The van der Waals surface area contributed by atoms with Gasteiger partial charge in [-0.25, -0.2) is 9.97 Å². The highest BCUT2D eigenvalue weighted by Gasteiger charge is 2.21. The molecule has 11 heteroatoms. The molecule has 0 fully saturated rings. The van der Waals surface area contributed by atoms with E-state index in [2.05, 4.69) is 25.3 Å². The Labute approximate surface area is 184 Å². The van der Waals surface area contributed by atoms with Crippen molar-refractivity contribution >= 4 is 28.3 Å². The molecule has 1 N–H and O–H groups in total. The van der Waals surface area contributed by atoms with Gasteiger partial charge in [0.25, 0.3) is 5.91 Å². The van der Waals surface area contributed by atoms with Crippen molar-refractivity contribution in [3.63, 3.8) is 0 Å². The minimum atomic E-state index is -0.214. The second kappa shape index (κ2) is 11.3. The zero-order chi connectivity index (χ0) is 22.1. The van der Waals surface area contributed by atoms with Gasteiger partial charge in [0.1, 0.15) is 4.88 Å². The molecule has 3 heterocycles. The Morgan fingerprint density at radius 2 is 2.10 bits per heavy atom. The summed E-state index contributed by atoms with van der Waals surface area (Å²) in [5.74, 6) is -0.375. The van der Waals surface area contributed by atoms with Crippen molar-refractivity contribution in [1.29, 1.82) is 0 Å². The first-order valence-corrected chi connectivity index (χ1v) is 10.6. The number of thiazole rings is 1. The van der Waals surface area contributed by atoms with Crippen LogP contribution < -0.4 is 10.2 Å². The molecule has 3 aromatic rings. The van der Waals surface area contributed by atoms with E-state index in [1.54, 1.807) is 32.0 Å². The van der Waals surface area contributed by atoms with Crippen LogP contribution in [0.15, 0.2) is 37.3 Å². The molecule has 164 valence electrons. The van der Waals surface area contributed by atoms with Crippen LogP contribution in [0.1, 0.15) is 33.9 Å². The molecule has 2 amide bonds. The summed E-state index contributed by atoms with van der Waals surface area (Å²) in [6, 6.07) is 0. The number of carbonyl (C=O) groups excluding carboxylic acids is 2. The first-order chi connectivity index (χ1) is 15.1. The smallest absolute Gasteiger partial charge is 0.263 e. The summed E-state index contributed by atoms with van der Waals surface area (Å²) in [4.78, 5) is 44.0. The number of rotatable bonds is 11. The monoisotopic (exact) mass is 443 g/mol. The minimum absolute atomic E-state index is 0.161. The van der Waals surface area contributed by atoms with Gasteiger partial charge in [-0.05, 0) is 13.3 Å². The number of carbonyl (C=O) groups is 2. The molecule has 0 radical (unpaired) electrons. The van der Waals surface area contributed by atoms with Crippen molar-refractivity contribution in [3.05, 3.63) is 53.6 Å². The third-order valence-electron chi connectivity index (χ3n) is 4.36. The Kier molecular flexibility index (Phi) is 8.19. The Morgan fingerprint density at radius 3 is 2.81 bits per heavy atom. The molecule has 0 spiro atoms. The molecule has 0 aliphatic carbocycles. The van der Waals surface area contributed by atoms with Crippen LogP contribution in [0.25, 0.3) is 0 Å². The second-order valence-corrected chi connectivity index (χ2v) is 7.80. The highest BCUT2D eigenvalue weighted by Crippen LogP contribution is 2.24.